The number of pyridine rings is 1. The molecule has 0 radical (unpaired) electrons. The molecule has 0 N–H and O–H groups in total. The fraction of sp³-hybridized carbons (Fsp3) is 0.312. The fourth-order valence-electron chi connectivity index (χ4n) is 2.71. The number of nitrogens with zero attached hydrogens (tertiary/aromatic N) is 4. The molecule has 6 nitrogen and oxygen atoms in total. The van der Waals surface area contributed by atoms with Crippen molar-refractivity contribution in [2.24, 2.45) is 0 Å². The summed E-state index contributed by atoms with van der Waals surface area (Å²) in [4.78, 5) is 19.6. The highest BCUT2D eigenvalue weighted by Gasteiger charge is 2.23. The fourth-order valence-corrected chi connectivity index (χ4v) is 2.71. The van der Waals surface area contributed by atoms with Crippen molar-refractivity contribution in [3.8, 4) is 0 Å². The molecule has 0 amide bonds. The summed E-state index contributed by atoms with van der Waals surface area (Å²) in [6.45, 7) is 5.13. The number of aromatic nitrogens is 1. The minimum absolute atomic E-state index is 0.171. The lowest BCUT2D eigenvalue weighted by Gasteiger charge is -2.36. The molecular formula is C16H18N4O2. The first-order valence-corrected chi connectivity index (χ1v) is 7.31. The number of para-hydroxylation sites is 2. The molecule has 0 atom stereocenters. The first kappa shape index (κ1) is 14.3. The zero-order chi connectivity index (χ0) is 15.5. The van der Waals surface area contributed by atoms with Gasteiger partial charge in [0.05, 0.1) is 4.92 Å². The predicted octanol–water partition coefficient (Wildman–Crippen LogP) is 2.62. The Balaban J connectivity index is 1.72. The van der Waals surface area contributed by atoms with Gasteiger partial charge in [-0.25, -0.2) is 4.98 Å². The third-order valence-corrected chi connectivity index (χ3v) is 3.92. The Hall–Kier alpha value is -2.63. The Labute approximate surface area is 129 Å². The first-order valence-electron chi connectivity index (χ1n) is 7.31. The van der Waals surface area contributed by atoms with E-state index in [0.717, 1.165) is 37.6 Å². The Bertz CT molecular complexity index is 664. The molecule has 0 saturated carbocycles. The number of anilines is 2. The van der Waals surface area contributed by atoms with Gasteiger partial charge in [-0.15, -0.1) is 0 Å². The molecule has 1 aliphatic rings. The monoisotopic (exact) mass is 298 g/mol. The third kappa shape index (κ3) is 2.86. The predicted molar refractivity (Wildman–Crippen MR) is 86.5 cm³/mol. The molecule has 0 spiro atoms. The van der Waals surface area contributed by atoms with Gasteiger partial charge in [0.1, 0.15) is 11.5 Å². The molecule has 6 heteroatoms. The first-order chi connectivity index (χ1) is 10.6. The van der Waals surface area contributed by atoms with Gasteiger partial charge in [-0.1, -0.05) is 18.2 Å². The van der Waals surface area contributed by atoms with E-state index >= 15 is 0 Å². The van der Waals surface area contributed by atoms with Crippen LogP contribution in [0.1, 0.15) is 5.56 Å². The van der Waals surface area contributed by atoms with E-state index in [9.17, 15) is 10.1 Å². The van der Waals surface area contributed by atoms with Crippen LogP contribution < -0.4 is 9.80 Å². The maximum absolute atomic E-state index is 11.1. The molecule has 1 aromatic heterocycles. The van der Waals surface area contributed by atoms with Crippen LogP contribution in [0, 0.1) is 17.0 Å². The Morgan fingerprint density at radius 2 is 1.73 bits per heavy atom. The lowest BCUT2D eigenvalue weighted by Crippen LogP contribution is -2.47. The van der Waals surface area contributed by atoms with E-state index in [2.05, 4.69) is 20.9 Å². The number of nitro benzene ring substituents is 1. The number of hydrogen-bond acceptors (Lipinski definition) is 5. The standard InChI is InChI=1S/C16H18N4O2/c1-13-6-7-16(17-12-13)19-10-8-18(9-11-19)14-4-2-3-5-15(14)20(21)22/h2-7,12H,8-11H2,1H3. The summed E-state index contributed by atoms with van der Waals surface area (Å²) in [6.07, 6.45) is 1.86. The van der Waals surface area contributed by atoms with Gasteiger partial charge in [0, 0.05) is 38.4 Å². The highest BCUT2D eigenvalue weighted by atomic mass is 16.6. The summed E-state index contributed by atoms with van der Waals surface area (Å²) < 4.78 is 0. The second-order valence-electron chi connectivity index (χ2n) is 5.41. The van der Waals surface area contributed by atoms with Crippen LogP contribution in [0.5, 0.6) is 0 Å². The largest absolute Gasteiger partial charge is 0.362 e. The lowest BCUT2D eigenvalue weighted by atomic mass is 10.2. The van der Waals surface area contributed by atoms with Crippen molar-refractivity contribution in [3.63, 3.8) is 0 Å². The summed E-state index contributed by atoms with van der Waals surface area (Å²) >= 11 is 0. The van der Waals surface area contributed by atoms with Gasteiger partial charge >= 0.3 is 0 Å². The molecule has 0 bridgehead atoms. The van der Waals surface area contributed by atoms with Crippen molar-refractivity contribution in [1.82, 2.24) is 4.98 Å². The normalized spacial score (nSPS) is 15.0. The summed E-state index contributed by atoms with van der Waals surface area (Å²) in [5, 5.41) is 11.1. The van der Waals surface area contributed by atoms with Crippen molar-refractivity contribution in [2.45, 2.75) is 6.92 Å². The van der Waals surface area contributed by atoms with Crippen LogP contribution in [0.25, 0.3) is 0 Å². The SMILES string of the molecule is Cc1ccc(N2CCN(c3ccccc3[N+](=O)[O-])CC2)nc1. The maximum atomic E-state index is 11.1. The molecule has 22 heavy (non-hydrogen) atoms. The van der Waals surface area contributed by atoms with Crippen molar-refractivity contribution in [1.29, 1.82) is 0 Å². The molecule has 114 valence electrons. The van der Waals surface area contributed by atoms with E-state index < -0.39 is 0 Å². The Morgan fingerprint density at radius 3 is 2.36 bits per heavy atom. The second kappa shape index (κ2) is 6.01. The Kier molecular flexibility index (Phi) is 3.91. The minimum atomic E-state index is -0.316. The van der Waals surface area contributed by atoms with E-state index in [1.807, 2.05) is 31.3 Å². The van der Waals surface area contributed by atoms with Gasteiger partial charge in [0.25, 0.3) is 5.69 Å². The summed E-state index contributed by atoms with van der Waals surface area (Å²) in [5.41, 5.74) is 2.01. The molecule has 1 saturated heterocycles. The maximum Gasteiger partial charge on any atom is 0.292 e. The zero-order valence-electron chi connectivity index (χ0n) is 12.5. The Morgan fingerprint density at radius 1 is 1.05 bits per heavy atom. The van der Waals surface area contributed by atoms with Crippen LogP contribution in [0.15, 0.2) is 42.6 Å². The molecule has 1 aromatic carbocycles. The van der Waals surface area contributed by atoms with Crippen molar-refractivity contribution >= 4 is 17.2 Å². The quantitative estimate of drug-likeness (QED) is 0.644. The van der Waals surface area contributed by atoms with E-state index in [-0.39, 0.29) is 10.6 Å². The van der Waals surface area contributed by atoms with E-state index in [1.165, 1.54) is 0 Å². The smallest absolute Gasteiger partial charge is 0.292 e. The van der Waals surface area contributed by atoms with E-state index in [1.54, 1.807) is 12.1 Å². The van der Waals surface area contributed by atoms with E-state index in [4.69, 9.17) is 0 Å². The van der Waals surface area contributed by atoms with Gasteiger partial charge in [0.15, 0.2) is 0 Å². The van der Waals surface area contributed by atoms with Crippen LogP contribution in [0.2, 0.25) is 0 Å². The second-order valence-corrected chi connectivity index (χ2v) is 5.41. The minimum Gasteiger partial charge on any atom is -0.362 e. The van der Waals surface area contributed by atoms with Gasteiger partial charge < -0.3 is 9.80 Å². The average molecular weight is 298 g/mol. The van der Waals surface area contributed by atoms with Gasteiger partial charge in [-0.2, -0.15) is 0 Å². The number of aryl methyl sites for hydroxylation is 1. The van der Waals surface area contributed by atoms with E-state index in [0.29, 0.717) is 5.69 Å². The van der Waals surface area contributed by atoms with Crippen molar-refractivity contribution in [2.75, 3.05) is 36.0 Å². The molecule has 2 aromatic rings. The van der Waals surface area contributed by atoms with Gasteiger partial charge in [-0.05, 0) is 24.6 Å². The number of nitro groups is 1. The van der Waals surface area contributed by atoms with Crippen molar-refractivity contribution in [3.05, 3.63) is 58.3 Å². The summed E-state index contributed by atoms with van der Waals surface area (Å²) in [5.74, 6) is 0.966. The zero-order valence-corrected chi connectivity index (χ0v) is 12.5. The van der Waals surface area contributed by atoms with Crippen LogP contribution in [0.4, 0.5) is 17.2 Å². The third-order valence-electron chi connectivity index (χ3n) is 3.92. The molecule has 2 heterocycles. The number of hydrogen-bond donors (Lipinski definition) is 0. The lowest BCUT2D eigenvalue weighted by molar-refractivity contribution is -0.384. The van der Waals surface area contributed by atoms with Crippen LogP contribution >= 0.6 is 0 Å². The van der Waals surface area contributed by atoms with Crippen LogP contribution in [-0.4, -0.2) is 36.1 Å². The average Bonchev–Trinajstić information content (AvgIpc) is 2.56. The van der Waals surface area contributed by atoms with Crippen LogP contribution in [0.3, 0.4) is 0 Å². The van der Waals surface area contributed by atoms with Gasteiger partial charge in [-0.3, -0.25) is 10.1 Å². The molecule has 0 aliphatic carbocycles. The van der Waals surface area contributed by atoms with Crippen molar-refractivity contribution < 1.29 is 4.92 Å². The summed E-state index contributed by atoms with van der Waals surface area (Å²) in [7, 11) is 0. The molecule has 1 aliphatic heterocycles. The molecular weight excluding hydrogens is 280 g/mol. The van der Waals surface area contributed by atoms with Crippen LogP contribution in [-0.2, 0) is 0 Å². The molecule has 1 fully saturated rings. The topological polar surface area (TPSA) is 62.5 Å². The molecule has 0 unspecified atom stereocenters. The highest BCUT2D eigenvalue weighted by Crippen LogP contribution is 2.28. The number of piperazine rings is 1. The molecule has 3 rings (SSSR count). The number of rotatable bonds is 3. The highest BCUT2D eigenvalue weighted by molar-refractivity contribution is 5.63. The summed E-state index contributed by atoms with van der Waals surface area (Å²) in [6, 6.07) is 11.0. The van der Waals surface area contributed by atoms with Gasteiger partial charge in [0.2, 0.25) is 0 Å². The number of benzene rings is 1.